The van der Waals surface area contributed by atoms with E-state index in [-0.39, 0.29) is 6.61 Å². The molecule has 2 fully saturated rings. The first-order chi connectivity index (χ1) is 13.1. The van der Waals surface area contributed by atoms with Crippen LogP contribution in [0.3, 0.4) is 0 Å². The predicted octanol–water partition coefficient (Wildman–Crippen LogP) is 2.85. The van der Waals surface area contributed by atoms with Crippen LogP contribution in [0.2, 0.25) is 0 Å². The van der Waals surface area contributed by atoms with Crippen LogP contribution in [0.4, 0.5) is 0 Å². The van der Waals surface area contributed by atoms with Gasteiger partial charge >= 0.3 is 5.97 Å². The number of carbonyl (C=O) groups is 1. The summed E-state index contributed by atoms with van der Waals surface area (Å²) in [5.74, 6) is 0.870. The van der Waals surface area contributed by atoms with Crippen molar-refractivity contribution in [2.45, 2.75) is 45.2 Å². The van der Waals surface area contributed by atoms with Crippen LogP contribution >= 0.6 is 0 Å². The average molecular weight is 376 g/mol. The molecule has 0 aliphatic carbocycles. The maximum atomic E-state index is 10.8. The Balaban J connectivity index is 1.53. The van der Waals surface area contributed by atoms with Gasteiger partial charge in [0.1, 0.15) is 0 Å². The van der Waals surface area contributed by atoms with E-state index in [4.69, 9.17) is 14.6 Å². The number of hydrogen-bond acceptors (Lipinski definition) is 5. The van der Waals surface area contributed by atoms with Crippen molar-refractivity contribution in [3.05, 3.63) is 23.8 Å². The fraction of sp³-hybridized carbons (Fsp3) is 0.667. The number of piperidine rings is 1. The molecule has 1 aromatic rings. The highest BCUT2D eigenvalue weighted by Gasteiger charge is 2.29. The van der Waals surface area contributed by atoms with Crippen molar-refractivity contribution >= 4 is 5.97 Å². The maximum Gasteiger partial charge on any atom is 0.341 e. The molecule has 0 saturated carbocycles. The first-order valence-corrected chi connectivity index (χ1v) is 10.0. The van der Waals surface area contributed by atoms with Gasteiger partial charge in [0.2, 0.25) is 0 Å². The number of ether oxygens (including phenoxy) is 2. The maximum absolute atomic E-state index is 10.8. The molecule has 150 valence electrons. The van der Waals surface area contributed by atoms with E-state index in [0.29, 0.717) is 17.5 Å². The zero-order valence-electron chi connectivity index (χ0n) is 16.5. The van der Waals surface area contributed by atoms with Gasteiger partial charge in [0.25, 0.3) is 0 Å². The molecule has 1 aromatic carbocycles. The Morgan fingerprint density at radius 3 is 2.52 bits per heavy atom. The second-order valence-electron chi connectivity index (χ2n) is 7.76. The number of carboxylic acids is 1. The third kappa shape index (κ3) is 5.36. The van der Waals surface area contributed by atoms with Gasteiger partial charge in [-0.1, -0.05) is 6.07 Å². The number of carboxylic acid groups (broad SMARTS) is 1. The monoisotopic (exact) mass is 376 g/mol. The average Bonchev–Trinajstić information content (AvgIpc) is 3.21. The van der Waals surface area contributed by atoms with Crippen LogP contribution in [-0.4, -0.2) is 66.8 Å². The van der Waals surface area contributed by atoms with Crippen LogP contribution in [0.25, 0.3) is 0 Å². The molecule has 3 rings (SSSR count). The van der Waals surface area contributed by atoms with E-state index in [9.17, 15) is 4.79 Å². The molecule has 0 aromatic heterocycles. The van der Waals surface area contributed by atoms with Gasteiger partial charge in [-0.3, -0.25) is 4.90 Å². The van der Waals surface area contributed by atoms with Crippen molar-refractivity contribution in [2.24, 2.45) is 5.92 Å². The summed E-state index contributed by atoms with van der Waals surface area (Å²) in [4.78, 5) is 15.9. The fourth-order valence-corrected chi connectivity index (χ4v) is 4.37. The second-order valence-corrected chi connectivity index (χ2v) is 7.76. The summed E-state index contributed by atoms with van der Waals surface area (Å²) >= 11 is 0. The Morgan fingerprint density at radius 2 is 1.89 bits per heavy atom. The van der Waals surface area contributed by atoms with Crippen LogP contribution in [0, 0.1) is 5.92 Å². The number of aliphatic carboxylic acids is 1. The van der Waals surface area contributed by atoms with Gasteiger partial charge in [0, 0.05) is 12.6 Å². The van der Waals surface area contributed by atoms with Gasteiger partial charge in [-0.15, -0.1) is 0 Å². The lowest BCUT2D eigenvalue weighted by Crippen LogP contribution is -2.42. The molecule has 1 N–H and O–H groups in total. The Kier molecular flexibility index (Phi) is 6.96. The van der Waals surface area contributed by atoms with E-state index >= 15 is 0 Å². The summed E-state index contributed by atoms with van der Waals surface area (Å²) in [5, 5.41) is 8.84. The minimum absolute atomic E-state index is 0.362. The zero-order chi connectivity index (χ0) is 19.2. The lowest BCUT2D eigenvalue weighted by Gasteiger charge is -2.38. The van der Waals surface area contributed by atoms with Gasteiger partial charge in [-0.25, -0.2) is 4.79 Å². The lowest BCUT2D eigenvalue weighted by atomic mass is 9.89. The van der Waals surface area contributed by atoms with Gasteiger partial charge in [-0.2, -0.15) is 0 Å². The van der Waals surface area contributed by atoms with Crippen LogP contribution in [0.5, 0.6) is 11.5 Å². The van der Waals surface area contributed by atoms with Gasteiger partial charge < -0.3 is 19.5 Å². The summed E-state index contributed by atoms with van der Waals surface area (Å²) in [7, 11) is 1.56. The SMILES string of the molecule is COc1ccc(CN2CCC([C@H](C)N3CCCC3)CC2)cc1OCC(=O)O. The van der Waals surface area contributed by atoms with Crippen LogP contribution in [0.1, 0.15) is 38.2 Å². The predicted molar refractivity (Wildman–Crippen MR) is 104 cm³/mol. The molecule has 2 saturated heterocycles. The molecule has 0 amide bonds. The summed E-state index contributed by atoms with van der Waals surface area (Å²) < 4.78 is 10.7. The van der Waals surface area contributed by atoms with E-state index in [2.05, 4.69) is 16.7 Å². The molecule has 6 nitrogen and oxygen atoms in total. The van der Waals surface area contributed by atoms with Crippen molar-refractivity contribution in [1.29, 1.82) is 0 Å². The lowest BCUT2D eigenvalue weighted by molar-refractivity contribution is -0.139. The van der Waals surface area contributed by atoms with Crippen LogP contribution < -0.4 is 9.47 Å². The molecule has 0 radical (unpaired) electrons. The number of nitrogens with zero attached hydrogens (tertiary/aromatic N) is 2. The van der Waals surface area contributed by atoms with Crippen molar-refractivity contribution in [3.63, 3.8) is 0 Å². The Morgan fingerprint density at radius 1 is 1.19 bits per heavy atom. The Bertz CT molecular complexity index is 623. The molecule has 2 aliphatic heterocycles. The minimum atomic E-state index is -0.989. The van der Waals surface area contributed by atoms with Crippen molar-refractivity contribution in [3.8, 4) is 11.5 Å². The highest BCUT2D eigenvalue weighted by atomic mass is 16.5. The highest BCUT2D eigenvalue weighted by Crippen LogP contribution is 2.30. The highest BCUT2D eigenvalue weighted by molar-refractivity contribution is 5.68. The molecule has 0 spiro atoms. The van der Waals surface area contributed by atoms with Gasteiger partial charge in [0.05, 0.1) is 7.11 Å². The smallest absolute Gasteiger partial charge is 0.341 e. The molecule has 2 aliphatic rings. The molecule has 2 heterocycles. The third-order valence-corrected chi connectivity index (χ3v) is 6.02. The fourth-order valence-electron chi connectivity index (χ4n) is 4.37. The third-order valence-electron chi connectivity index (χ3n) is 6.02. The number of benzene rings is 1. The van der Waals surface area contributed by atoms with Crippen LogP contribution in [-0.2, 0) is 11.3 Å². The number of rotatable bonds is 8. The van der Waals surface area contributed by atoms with Crippen molar-refractivity contribution in [1.82, 2.24) is 9.80 Å². The number of likely N-dealkylation sites (tertiary alicyclic amines) is 2. The first-order valence-electron chi connectivity index (χ1n) is 10.0. The Hall–Kier alpha value is -1.79. The van der Waals surface area contributed by atoms with Gasteiger partial charge in [-0.05, 0) is 82.4 Å². The second kappa shape index (κ2) is 9.42. The first kappa shape index (κ1) is 20.0. The molecule has 27 heavy (non-hydrogen) atoms. The van der Waals surface area contributed by atoms with E-state index in [1.165, 1.54) is 38.8 Å². The molecular formula is C21H32N2O4. The quantitative estimate of drug-likeness (QED) is 0.753. The molecule has 0 unspecified atom stereocenters. The number of hydrogen-bond donors (Lipinski definition) is 1. The topological polar surface area (TPSA) is 62.2 Å². The van der Waals surface area contributed by atoms with Crippen molar-refractivity contribution < 1.29 is 19.4 Å². The summed E-state index contributed by atoms with van der Waals surface area (Å²) in [6, 6.07) is 6.49. The molecule has 1 atom stereocenters. The summed E-state index contributed by atoms with van der Waals surface area (Å²) in [6.07, 6.45) is 5.20. The standard InChI is InChI=1S/C21H32N2O4/c1-16(23-9-3-4-10-23)18-7-11-22(12-8-18)14-17-5-6-19(26-2)20(13-17)27-15-21(24)25/h5-6,13,16,18H,3-4,7-12,14-15H2,1-2H3,(H,24,25)/t16-/m0/s1. The van der Waals surface area contributed by atoms with Crippen molar-refractivity contribution in [2.75, 3.05) is 39.9 Å². The minimum Gasteiger partial charge on any atom is -0.493 e. The van der Waals surface area contributed by atoms with Gasteiger partial charge in [0.15, 0.2) is 18.1 Å². The summed E-state index contributed by atoms with van der Waals surface area (Å²) in [6.45, 7) is 7.66. The zero-order valence-corrected chi connectivity index (χ0v) is 16.5. The van der Waals surface area contributed by atoms with E-state index < -0.39 is 5.97 Å². The van der Waals surface area contributed by atoms with Crippen LogP contribution in [0.15, 0.2) is 18.2 Å². The number of methoxy groups -OCH3 is 1. The molecule has 0 bridgehead atoms. The van der Waals surface area contributed by atoms with E-state index in [1.807, 2.05) is 18.2 Å². The molecular weight excluding hydrogens is 344 g/mol. The Labute approximate surface area is 162 Å². The van der Waals surface area contributed by atoms with E-state index in [0.717, 1.165) is 31.1 Å². The summed E-state index contributed by atoms with van der Waals surface area (Å²) in [5.41, 5.74) is 1.13. The molecule has 6 heteroatoms. The normalized spacial score (nSPS) is 20.5. The largest absolute Gasteiger partial charge is 0.493 e. The van der Waals surface area contributed by atoms with E-state index in [1.54, 1.807) is 7.11 Å².